The van der Waals surface area contributed by atoms with Gasteiger partial charge in [-0.3, -0.25) is 4.99 Å². The fraction of sp³-hybridized carbons (Fsp3) is 0.875. The summed E-state index contributed by atoms with van der Waals surface area (Å²) in [6.07, 6.45) is 0.935. The number of rotatable bonds is 5. The van der Waals surface area contributed by atoms with E-state index in [-0.39, 0.29) is 6.02 Å². The van der Waals surface area contributed by atoms with Crippen molar-refractivity contribution in [2.45, 2.75) is 13.3 Å². The summed E-state index contributed by atoms with van der Waals surface area (Å²) in [6.45, 7) is 4.12. The van der Waals surface area contributed by atoms with E-state index in [9.17, 15) is 5.11 Å². The third kappa shape index (κ3) is 7.34. The molecule has 0 amide bonds. The largest absolute Gasteiger partial charge is 0.846 e. The molecular formula is C8H18N3O-. The maximum Gasteiger partial charge on any atom is 0.0472 e. The highest BCUT2D eigenvalue weighted by Gasteiger charge is 1.87. The zero-order chi connectivity index (χ0) is 9.40. The summed E-state index contributed by atoms with van der Waals surface area (Å²) in [4.78, 5) is 5.89. The molecule has 4 nitrogen and oxygen atoms in total. The van der Waals surface area contributed by atoms with Crippen LogP contribution in [-0.2, 0) is 0 Å². The Balaban J connectivity index is 3.33. The molecule has 0 fully saturated rings. The minimum absolute atomic E-state index is 0.198. The van der Waals surface area contributed by atoms with E-state index in [1.165, 1.54) is 0 Å². The molecule has 0 unspecified atom stereocenters. The zero-order valence-electron chi connectivity index (χ0n) is 8.13. The van der Waals surface area contributed by atoms with Gasteiger partial charge < -0.3 is 15.3 Å². The highest BCUT2D eigenvalue weighted by molar-refractivity contribution is 5.68. The fourth-order valence-corrected chi connectivity index (χ4v) is 0.775. The van der Waals surface area contributed by atoms with Crippen LogP contribution in [0.2, 0.25) is 0 Å². The van der Waals surface area contributed by atoms with Gasteiger partial charge in [-0.25, -0.2) is 0 Å². The fourth-order valence-electron chi connectivity index (χ4n) is 0.775. The standard InChI is InChI=1S/C8H19N3O/c1-4-9-8(12)10-6-5-7-11(2)3/h4-7H2,1-3H3,(H2,9,10,12)/p-1. The molecule has 4 heteroatoms. The van der Waals surface area contributed by atoms with Crippen LogP contribution in [0.1, 0.15) is 13.3 Å². The number of hydrogen-bond acceptors (Lipinski definition) is 3. The summed E-state index contributed by atoms with van der Waals surface area (Å²) < 4.78 is 0. The number of nitrogens with zero attached hydrogens (tertiary/aromatic N) is 2. The molecule has 72 valence electrons. The van der Waals surface area contributed by atoms with E-state index in [4.69, 9.17) is 0 Å². The zero-order valence-corrected chi connectivity index (χ0v) is 8.13. The highest BCUT2D eigenvalue weighted by atomic mass is 16.3. The van der Waals surface area contributed by atoms with Crippen molar-refractivity contribution >= 4 is 6.02 Å². The average molecular weight is 172 g/mol. The number of amidine groups is 1. The molecule has 0 bridgehead atoms. The number of hydrogen-bond donors (Lipinski definition) is 1. The van der Waals surface area contributed by atoms with Crippen molar-refractivity contribution in [3.8, 4) is 0 Å². The molecule has 0 aromatic carbocycles. The molecule has 0 saturated carbocycles. The molecule has 0 aliphatic carbocycles. The summed E-state index contributed by atoms with van der Waals surface area (Å²) in [5.74, 6) is 0. The third-order valence-electron chi connectivity index (χ3n) is 1.35. The Hall–Kier alpha value is -0.770. The molecule has 0 aromatic heterocycles. The first-order chi connectivity index (χ1) is 5.66. The monoisotopic (exact) mass is 172 g/mol. The molecule has 0 saturated heterocycles. The number of aliphatic imine (C=N–C) groups is 1. The summed E-state index contributed by atoms with van der Waals surface area (Å²) >= 11 is 0. The van der Waals surface area contributed by atoms with Crippen LogP contribution in [0.3, 0.4) is 0 Å². The van der Waals surface area contributed by atoms with Crippen molar-refractivity contribution in [3.05, 3.63) is 0 Å². The Morgan fingerprint density at radius 1 is 1.50 bits per heavy atom. The Bertz CT molecular complexity index is 134. The molecule has 0 aliphatic heterocycles. The van der Waals surface area contributed by atoms with Crippen LogP contribution >= 0.6 is 0 Å². The van der Waals surface area contributed by atoms with E-state index in [0.29, 0.717) is 13.1 Å². The molecule has 0 rings (SSSR count). The van der Waals surface area contributed by atoms with Gasteiger partial charge in [0.2, 0.25) is 0 Å². The predicted octanol–water partition coefficient (Wildman–Crippen LogP) is -0.736. The smallest absolute Gasteiger partial charge is 0.0472 e. The van der Waals surface area contributed by atoms with Gasteiger partial charge in [-0.2, -0.15) is 0 Å². The molecule has 0 aromatic rings. The Labute approximate surface area is 74.3 Å². The predicted molar refractivity (Wildman–Crippen MR) is 49.1 cm³/mol. The number of nitrogens with one attached hydrogen (secondary N) is 1. The van der Waals surface area contributed by atoms with Crippen molar-refractivity contribution in [1.82, 2.24) is 10.2 Å². The second kappa shape index (κ2) is 6.91. The molecule has 0 spiro atoms. The van der Waals surface area contributed by atoms with E-state index in [2.05, 4.69) is 15.2 Å². The van der Waals surface area contributed by atoms with Gasteiger partial charge in [-0.15, -0.1) is 0 Å². The first kappa shape index (κ1) is 11.2. The first-order valence-corrected chi connectivity index (χ1v) is 4.27. The van der Waals surface area contributed by atoms with Crippen LogP contribution in [0.4, 0.5) is 0 Å². The van der Waals surface area contributed by atoms with Crippen LogP contribution in [0.15, 0.2) is 4.99 Å². The van der Waals surface area contributed by atoms with Crippen molar-refractivity contribution < 1.29 is 5.11 Å². The van der Waals surface area contributed by atoms with Crippen molar-refractivity contribution in [3.63, 3.8) is 0 Å². The molecule has 0 heterocycles. The summed E-state index contributed by atoms with van der Waals surface area (Å²) in [5, 5.41) is 13.4. The van der Waals surface area contributed by atoms with Crippen LogP contribution in [0.5, 0.6) is 0 Å². The van der Waals surface area contributed by atoms with E-state index >= 15 is 0 Å². The summed E-state index contributed by atoms with van der Waals surface area (Å²) in [7, 11) is 4.01. The molecular weight excluding hydrogens is 154 g/mol. The van der Waals surface area contributed by atoms with E-state index in [0.717, 1.165) is 13.0 Å². The SMILES string of the molecule is CCNC([O-])=NCCCN(C)C. The molecule has 12 heavy (non-hydrogen) atoms. The maximum absolute atomic E-state index is 10.8. The normalized spacial score (nSPS) is 12.2. The van der Waals surface area contributed by atoms with E-state index in [1.807, 2.05) is 21.0 Å². The molecule has 0 radical (unpaired) electrons. The van der Waals surface area contributed by atoms with E-state index < -0.39 is 0 Å². The van der Waals surface area contributed by atoms with Gasteiger partial charge in [0, 0.05) is 19.1 Å². The van der Waals surface area contributed by atoms with Crippen LogP contribution in [0.25, 0.3) is 0 Å². The lowest BCUT2D eigenvalue weighted by Crippen LogP contribution is -2.35. The van der Waals surface area contributed by atoms with Gasteiger partial charge in [0.1, 0.15) is 0 Å². The minimum Gasteiger partial charge on any atom is -0.846 e. The lowest BCUT2D eigenvalue weighted by atomic mass is 10.4. The minimum atomic E-state index is -0.198. The van der Waals surface area contributed by atoms with Gasteiger partial charge in [0.15, 0.2) is 0 Å². The van der Waals surface area contributed by atoms with E-state index in [1.54, 1.807) is 0 Å². The lowest BCUT2D eigenvalue weighted by molar-refractivity contribution is -0.221. The summed E-state index contributed by atoms with van der Waals surface area (Å²) in [6, 6.07) is -0.198. The van der Waals surface area contributed by atoms with Crippen LogP contribution < -0.4 is 10.4 Å². The Morgan fingerprint density at radius 2 is 2.17 bits per heavy atom. The highest BCUT2D eigenvalue weighted by Crippen LogP contribution is 1.83. The van der Waals surface area contributed by atoms with Gasteiger partial charge in [0.25, 0.3) is 0 Å². The summed E-state index contributed by atoms with van der Waals surface area (Å²) in [5.41, 5.74) is 0. The Morgan fingerprint density at radius 3 is 2.67 bits per heavy atom. The maximum atomic E-state index is 10.8. The first-order valence-electron chi connectivity index (χ1n) is 4.27. The van der Waals surface area contributed by atoms with Gasteiger partial charge >= 0.3 is 0 Å². The van der Waals surface area contributed by atoms with Crippen molar-refractivity contribution in [2.75, 3.05) is 33.7 Å². The van der Waals surface area contributed by atoms with Gasteiger partial charge in [-0.1, -0.05) is 0 Å². The third-order valence-corrected chi connectivity index (χ3v) is 1.35. The van der Waals surface area contributed by atoms with Crippen molar-refractivity contribution in [2.24, 2.45) is 4.99 Å². The molecule has 1 N–H and O–H groups in total. The van der Waals surface area contributed by atoms with Gasteiger partial charge in [0.05, 0.1) is 0 Å². The molecule has 0 aliphatic rings. The Kier molecular flexibility index (Phi) is 6.47. The topological polar surface area (TPSA) is 50.7 Å². The average Bonchev–Trinajstić information content (AvgIpc) is 1.98. The quantitative estimate of drug-likeness (QED) is 0.338. The van der Waals surface area contributed by atoms with Crippen LogP contribution in [-0.4, -0.2) is 44.7 Å². The van der Waals surface area contributed by atoms with Crippen molar-refractivity contribution in [1.29, 1.82) is 0 Å². The lowest BCUT2D eigenvalue weighted by Gasteiger charge is -2.12. The van der Waals surface area contributed by atoms with Crippen LogP contribution in [0, 0.1) is 0 Å². The molecule has 0 atom stereocenters. The second-order valence-corrected chi connectivity index (χ2v) is 2.87. The second-order valence-electron chi connectivity index (χ2n) is 2.87. The van der Waals surface area contributed by atoms with Gasteiger partial charge in [-0.05, 0) is 34.0 Å².